The second-order valence-electron chi connectivity index (χ2n) is 4.92. The van der Waals surface area contributed by atoms with Gasteiger partial charge in [0, 0.05) is 32.6 Å². The third-order valence-electron chi connectivity index (χ3n) is 3.22. The van der Waals surface area contributed by atoms with Crippen LogP contribution in [0.25, 0.3) is 0 Å². The second-order valence-corrected chi connectivity index (χ2v) is 6.90. The van der Waals surface area contributed by atoms with Crippen molar-refractivity contribution >= 4 is 15.9 Å². The van der Waals surface area contributed by atoms with Crippen molar-refractivity contribution in [3.63, 3.8) is 0 Å². The van der Waals surface area contributed by atoms with Crippen molar-refractivity contribution in [2.24, 2.45) is 5.41 Å². The summed E-state index contributed by atoms with van der Waals surface area (Å²) >= 11 is 0. The molecule has 0 radical (unpaired) electrons. The molecule has 6 heteroatoms. The molecule has 0 atom stereocenters. The minimum Gasteiger partial charge on any atom is -0.348 e. The fourth-order valence-electron chi connectivity index (χ4n) is 2.07. The van der Waals surface area contributed by atoms with Gasteiger partial charge in [0.15, 0.2) is 0 Å². The summed E-state index contributed by atoms with van der Waals surface area (Å²) in [5, 5.41) is 0. The molecule has 0 aromatic rings. The average molecular weight is 248 g/mol. The molecule has 0 aromatic carbocycles. The first-order chi connectivity index (χ1) is 7.17. The smallest absolute Gasteiger partial charge is 0.228 e. The molecule has 1 aliphatic rings. The molecule has 16 heavy (non-hydrogen) atoms. The number of hydrogen-bond acceptors (Lipinski definition) is 3. The molecule has 0 aromatic heterocycles. The lowest BCUT2D eigenvalue weighted by Crippen LogP contribution is -2.48. The standard InChI is InChI=1S/C10H20N2O3S/c1-10(9(13)11(2)3)5-7-12(8-6-10)16(4,14)15/h5-8H2,1-4H3. The van der Waals surface area contributed by atoms with Gasteiger partial charge in [0.25, 0.3) is 0 Å². The molecule has 5 nitrogen and oxygen atoms in total. The summed E-state index contributed by atoms with van der Waals surface area (Å²) in [5.41, 5.74) is -0.412. The van der Waals surface area contributed by atoms with Crippen molar-refractivity contribution in [3.8, 4) is 0 Å². The predicted molar refractivity (Wildman–Crippen MR) is 62.5 cm³/mol. The number of amides is 1. The van der Waals surface area contributed by atoms with Crippen LogP contribution in [0, 0.1) is 5.41 Å². The Kier molecular flexibility index (Phi) is 3.64. The average Bonchev–Trinajstić information content (AvgIpc) is 2.15. The molecule has 0 bridgehead atoms. The normalized spacial score (nSPS) is 21.8. The Hall–Kier alpha value is -0.620. The molecule has 0 aliphatic carbocycles. The van der Waals surface area contributed by atoms with Gasteiger partial charge in [-0.25, -0.2) is 12.7 Å². The van der Waals surface area contributed by atoms with Crippen molar-refractivity contribution in [2.45, 2.75) is 19.8 Å². The third kappa shape index (κ3) is 2.74. The van der Waals surface area contributed by atoms with Crippen molar-refractivity contribution in [2.75, 3.05) is 33.4 Å². The lowest BCUT2D eigenvalue weighted by atomic mass is 9.80. The van der Waals surface area contributed by atoms with E-state index >= 15 is 0 Å². The van der Waals surface area contributed by atoms with Crippen LogP contribution in [0.3, 0.4) is 0 Å². The summed E-state index contributed by atoms with van der Waals surface area (Å²) in [6, 6.07) is 0. The minimum absolute atomic E-state index is 0.0839. The van der Waals surface area contributed by atoms with Gasteiger partial charge < -0.3 is 4.90 Å². The van der Waals surface area contributed by atoms with Crippen LogP contribution in [0.1, 0.15) is 19.8 Å². The van der Waals surface area contributed by atoms with Crippen LogP contribution in [0.15, 0.2) is 0 Å². The highest BCUT2D eigenvalue weighted by Crippen LogP contribution is 2.33. The Morgan fingerprint density at radius 1 is 1.25 bits per heavy atom. The van der Waals surface area contributed by atoms with E-state index in [4.69, 9.17) is 0 Å². The van der Waals surface area contributed by atoms with Crippen LogP contribution in [-0.4, -0.2) is 57.0 Å². The lowest BCUT2D eigenvalue weighted by molar-refractivity contribution is -0.140. The van der Waals surface area contributed by atoms with Crippen molar-refractivity contribution < 1.29 is 13.2 Å². The molecule has 1 heterocycles. The topological polar surface area (TPSA) is 57.7 Å². The zero-order valence-corrected chi connectivity index (χ0v) is 11.2. The molecule has 94 valence electrons. The maximum Gasteiger partial charge on any atom is 0.228 e. The SMILES string of the molecule is CN(C)C(=O)C1(C)CCN(S(C)(=O)=O)CC1. The highest BCUT2D eigenvalue weighted by atomic mass is 32.2. The summed E-state index contributed by atoms with van der Waals surface area (Å²) in [6.07, 6.45) is 2.40. The van der Waals surface area contributed by atoms with E-state index in [2.05, 4.69) is 0 Å². The van der Waals surface area contributed by atoms with Crippen molar-refractivity contribution in [3.05, 3.63) is 0 Å². The molecular formula is C10H20N2O3S. The molecular weight excluding hydrogens is 228 g/mol. The first-order valence-corrected chi connectivity index (χ1v) is 7.18. The summed E-state index contributed by atoms with van der Waals surface area (Å²) in [7, 11) is 0.352. The Labute approximate surface area is 97.5 Å². The molecule has 0 spiro atoms. The first kappa shape index (κ1) is 13.4. The minimum atomic E-state index is -3.11. The number of nitrogens with zero attached hydrogens (tertiary/aromatic N) is 2. The number of sulfonamides is 1. The summed E-state index contributed by atoms with van der Waals surface area (Å²) in [6.45, 7) is 2.79. The molecule has 1 amide bonds. The highest BCUT2D eigenvalue weighted by molar-refractivity contribution is 7.88. The van der Waals surface area contributed by atoms with Crippen LogP contribution >= 0.6 is 0 Å². The van der Waals surface area contributed by atoms with E-state index in [0.717, 1.165) is 0 Å². The van der Waals surface area contributed by atoms with E-state index in [9.17, 15) is 13.2 Å². The van der Waals surface area contributed by atoms with Gasteiger partial charge in [0.2, 0.25) is 15.9 Å². The Bertz CT molecular complexity index is 368. The van der Waals surface area contributed by atoms with Crippen molar-refractivity contribution in [1.29, 1.82) is 0 Å². The van der Waals surface area contributed by atoms with E-state index in [-0.39, 0.29) is 5.91 Å². The molecule has 0 saturated carbocycles. The van der Waals surface area contributed by atoms with Crippen LogP contribution in [0.4, 0.5) is 0 Å². The largest absolute Gasteiger partial charge is 0.348 e. The molecule has 0 unspecified atom stereocenters. The fourth-order valence-corrected chi connectivity index (χ4v) is 2.91. The van der Waals surface area contributed by atoms with Gasteiger partial charge >= 0.3 is 0 Å². The van der Waals surface area contributed by atoms with Gasteiger partial charge in [-0.2, -0.15) is 0 Å². The quantitative estimate of drug-likeness (QED) is 0.698. The van der Waals surface area contributed by atoms with E-state index in [1.807, 2.05) is 6.92 Å². The van der Waals surface area contributed by atoms with Crippen LogP contribution in [0.2, 0.25) is 0 Å². The summed E-state index contributed by atoms with van der Waals surface area (Å²) < 4.78 is 24.1. The van der Waals surface area contributed by atoms with Crippen LogP contribution in [-0.2, 0) is 14.8 Å². The summed E-state index contributed by atoms with van der Waals surface area (Å²) in [4.78, 5) is 13.5. The highest BCUT2D eigenvalue weighted by Gasteiger charge is 2.39. The molecule has 1 fully saturated rings. The zero-order valence-electron chi connectivity index (χ0n) is 10.4. The van der Waals surface area contributed by atoms with Gasteiger partial charge in [-0.1, -0.05) is 6.92 Å². The maximum absolute atomic E-state index is 11.9. The zero-order chi connectivity index (χ0) is 12.6. The van der Waals surface area contributed by atoms with Gasteiger partial charge in [-0.05, 0) is 12.8 Å². The lowest BCUT2D eigenvalue weighted by Gasteiger charge is -2.38. The van der Waals surface area contributed by atoms with Crippen molar-refractivity contribution in [1.82, 2.24) is 9.21 Å². The number of piperidine rings is 1. The Morgan fingerprint density at radius 3 is 2.00 bits per heavy atom. The third-order valence-corrected chi connectivity index (χ3v) is 4.52. The van der Waals surface area contributed by atoms with Gasteiger partial charge in [0.1, 0.15) is 0 Å². The fraction of sp³-hybridized carbons (Fsp3) is 0.900. The van der Waals surface area contributed by atoms with E-state index < -0.39 is 15.4 Å². The van der Waals surface area contributed by atoms with E-state index in [1.165, 1.54) is 10.6 Å². The van der Waals surface area contributed by atoms with Gasteiger partial charge in [0.05, 0.1) is 6.26 Å². The second kappa shape index (κ2) is 4.33. The van der Waals surface area contributed by atoms with Gasteiger partial charge in [-0.15, -0.1) is 0 Å². The number of carbonyl (C=O) groups is 1. The predicted octanol–water partition coefficient (Wildman–Crippen LogP) is 0.136. The Balaban J connectivity index is 2.71. The molecule has 1 rings (SSSR count). The van der Waals surface area contributed by atoms with Crippen LogP contribution < -0.4 is 0 Å². The molecule has 1 saturated heterocycles. The van der Waals surface area contributed by atoms with Crippen LogP contribution in [0.5, 0.6) is 0 Å². The number of carbonyl (C=O) groups excluding carboxylic acids is 1. The van der Waals surface area contributed by atoms with E-state index in [1.54, 1.807) is 19.0 Å². The maximum atomic E-state index is 11.9. The van der Waals surface area contributed by atoms with Gasteiger partial charge in [-0.3, -0.25) is 4.79 Å². The van der Waals surface area contributed by atoms with E-state index in [0.29, 0.717) is 25.9 Å². The first-order valence-electron chi connectivity index (χ1n) is 5.34. The molecule has 0 N–H and O–H groups in total. The molecule has 1 aliphatic heterocycles. The number of rotatable bonds is 2. The monoisotopic (exact) mass is 248 g/mol. The summed E-state index contributed by atoms with van der Waals surface area (Å²) in [5.74, 6) is 0.0839. The Morgan fingerprint density at radius 2 is 1.69 bits per heavy atom. The number of hydrogen-bond donors (Lipinski definition) is 0.